The fraction of sp³-hybridized carbons (Fsp3) is 0.167. The maximum atomic E-state index is 10.0. The van der Waals surface area contributed by atoms with Gasteiger partial charge in [-0.15, -0.1) is 0 Å². The summed E-state index contributed by atoms with van der Waals surface area (Å²) in [6.07, 6.45) is 5.45. The second-order valence-corrected chi connectivity index (χ2v) is 2.55. The van der Waals surface area contributed by atoms with Crippen LogP contribution in [-0.2, 0) is 4.79 Å². The van der Waals surface area contributed by atoms with Crippen LogP contribution in [-0.4, -0.2) is 6.29 Å². The zero-order valence-electron chi connectivity index (χ0n) is 4.23. The Morgan fingerprint density at radius 3 is 2.75 bits per heavy atom. The SMILES string of the molecule is O=CC1=CC(Br)=CC1. The van der Waals surface area contributed by atoms with Gasteiger partial charge in [0.05, 0.1) is 0 Å². The third-order valence-corrected chi connectivity index (χ3v) is 1.56. The molecule has 0 aromatic rings. The van der Waals surface area contributed by atoms with Crippen LogP contribution in [0.25, 0.3) is 0 Å². The number of rotatable bonds is 1. The molecule has 1 aliphatic rings. The highest BCUT2D eigenvalue weighted by Gasteiger charge is 2.00. The van der Waals surface area contributed by atoms with Crippen molar-refractivity contribution in [1.29, 1.82) is 0 Å². The van der Waals surface area contributed by atoms with Gasteiger partial charge < -0.3 is 0 Å². The third-order valence-electron chi connectivity index (χ3n) is 1.01. The number of carbonyl (C=O) groups is 1. The molecule has 42 valence electrons. The molecule has 0 fully saturated rings. The molecular formula is C6H5BrO. The van der Waals surface area contributed by atoms with Crippen molar-refractivity contribution in [2.75, 3.05) is 0 Å². The molecule has 0 bridgehead atoms. The molecule has 0 spiro atoms. The maximum Gasteiger partial charge on any atom is 0.146 e. The van der Waals surface area contributed by atoms with Crippen molar-refractivity contribution in [3.05, 3.63) is 22.2 Å². The van der Waals surface area contributed by atoms with Gasteiger partial charge in [0.25, 0.3) is 0 Å². The van der Waals surface area contributed by atoms with Crippen LogP contribution in [0.2, 0.25) is 0 Å². The summed E-state index contributed by atoms with van der Waals surface area (Å²) in [6, 6.07) is 0. The topological polar surface area (TPSA) is 17.1 Å². The van der Waals surface area contributed by atoms with Crippen molar-refractivity contribution in [2.45, 2.75) is 6.42 Å². The van der Waals surface area contributed by atoms with E-state index in [1.807, 2.05) is 12.2 Å². The smallest absolute Gasteiger partial charge is 0.146 e. The Hall–Kier alpha value is -0.370. The van der Waals surface area contributed by atoms with E-state index >= 15 is 0 Å². The fourth-order valence-electron chi connectivity index (χ4n) is 0.592. The average molecular weight is 173 g/mol. The molecule has 0 saturated carbocycles. The number of carbonyl (C=O) groups excluding carboxylic acids is 1. The fourth-order valence-corrected chi connectivity index (χ4v) is 1.05. The van der Waals surface area contributed by atoms with E-state index < -0.39 is 0 Å². The highest BCUT2D eigenvalue weighted by atomic mass is 79.9. The molecule has 0 aromatic heterocycles. The number of hydrogen-bond acceptors (Lipinski definition) is 1. The summed E-state index contributed by atoms with van der Waals surface area (Å²) in [6.45, 7) is 0. The largest absolute Gasteiger partial charge is 0.298 e. The van der Waals surface area contributed by atoms with E-state index in [1.54, 1.807) is 0 Å². The quantitative estimate of drug-likeness (QED) is 0.552. The van der Waals surface area contributed by atoms with Crippen LogP contribution >= 0.6 is 15.9 Å². The molecule has 0 aromatic carbocycles. The van der Waals surface area contributed by atoms with E-state index in [0.29, 0.717) is 0 Å². The molecule has 0 heterocycles. The Morgan fingerprint density at radius 2 is 2.50 bits per heavy atom. The van der Waals surface area contributed by atoms with E-state index in [0.717, 1.165) is 22.8 Å². The van der Waals surface area contributed by atoms with Crippen molar-refractivity contribution in [3.63, 3.8) is 0 Å². The van der Waals surface area contributed by atoms with Crippen molar-refractivity contribution in [2.24, 2.45) is 0 Å². The van der Waals surface area contributed by atoms with Crippen LogP contribution < -0.4 is 0 Å². The summed E-state index contributed by atoms with van der Waals surface area (Å²) in [5.41, 5.74) is 0.844. The van der Waals surface area contributed by atoms with Crippen LogP contribution in [0.15, 0.2) is 22.2 Å². The van der Waals surface area contributed by atoms with Gasteiger partial charge in [0.1, 0.15) is 6.29 Å². The minimum Gasteiger partial charge on any atom is -0.298 e. The molecule has 0 atom stereocenters. The van der Waals surface area contributed by atoms with Crippen LogP contribution in [0.3, 0.4) is 0 Å². The first-order valence-electron chi connectivity index (χ1n) is 2.34. The first-order chi connectivity index (χ1) is 3.83. The van der Waals surface area contributed by atoms with Crippen molar-refractivity contribution in [3.8, 4) is 0 Å². The van der Waals surface area contributed by atoms with E-state index in [9.17, 15) is 4.79 Å². The van der Waals surface area contributed by atoms with Crippen LogP contribution in [0.1, 0.15) is 6.42 Å². The van der Waals surface area contributed by atoms with Crippen molar-refractivity contribution >= 4 is 22.2 Å². The minimum atomic E-state index is 0.782. The van der Waals surface area contributed by atoms with Crippen molar-refractivity contribution in [1.82, 2.24) is 0 Å². The number of allylic oxidation sites excluding steroid dienone is 4. The molecule has 0 saturated heterocycles. The molecule has 0 aliphatic heterocycles. The van der Waals surface area contributed by atoms with Gasteiger partial charge in [-0.3, -0.25) is 4.79 Å². The summed E-state index contributed by atoms with van der Waals surface area (Å²) in [5, 5.41) is 0. The highest BCUT2D eigenvalue weighted by Crippen LogP contribution is 2.19. The molecule has 1 nitrogen and oxygen atoms in total. The third kappa shape index (κ3) is 1.07. The Labute approximate surface area is 56.2 Å². The lowest BCUT2D eigenvalue weighted by Gasteiger charge is -1.78. The number of aldehydes is 1. The van der Waals surface area contributed by atoms with Gasteiger partial charge in [-0.1, -0.05) is 22.0 Å². The predicted octanol–water partition coefficient (Wildman–Crippen LogP) is 1.79. The number of halogens is 1. The second-order valence-electron chi connectivity index (χ2n) is 1.63. The Bertz CT molecular complexity index is 167. The average Bonchev–Trinajstić information content (AvgIpc) is 2.14. The van der Waals surface area contributed by atoms with Crippen LogP contribution in [0, 0.1) is 0 Å². The summed E-state index contributed by atoms with van der Waals surface area (Å²) < 4.78 is 1.01. The minimum absolute atomic E-state index is 0.782. The van der Waals surface area contributed by atoms with Crippen LogP contribution in [0.5, 0.6) is 0 Å². The van der Waals surface area contributed by atoms with Gasteiger partial charge in [-0.25, -0.2) is 0 Å². The van der Waals surface area contributed by atoms with Gasteiger partial charge in [-0.05, 0) is 18.1 Å². The normalized spacial score (nSPS) is 17.6. The van der Waals surface area contributed by atoms with Gasteiger partial charge >= 0.3 is 0 Å². The Balaban J connectivity index is 2.69. The summed E-state index contributed by atoms with van der Waals surface area (Å²) in [7, 11) is 0. The van der Waals surface area contributed by atoms with E-state index in [-0.39, 0.29) is 0 Å². The van der Waals surface area contributed by atoms with Crippen LogP contribution in [0.4, 0.5) is 0 Å². The lowest BCUT2D eigenvalue weighted by molar-refractivity contribution is -0.104. The maximum absolute atomic E-state index is 10.0. The second kappa shape index (κ2) is 2.27. The van der Waals surface area contributed by atoms with E-state index in [4.69, 9.17) is 0 Å². The molecule has 0 unspecified atom stereocenters. The van der Waals surface area contributed by atoms with Gasteiger partial charge in [0.2, 0.25) is 0 Å². The van der Waals surface area contributed by atoms with Gasteiger partial charge in [0, 0.05) is 4.48 Å². The summed E-state index contributed by atoms with van der Waals surface area (Å²) in [5.74, 6) is 0. The first kappa shape index (κ1) is 5.76. The predicted molar refractivity (Wildman–Crippen MR) is 35.8 cm³/mol. The molecule has 2 heteroatoms. The lowest BCUT2D eigenvalue weighted by atomic mass is 10.3. The Kier molecular flexibility index (Phi) is 1.63. The highest BCUT2D eigenvalue weighted by molar-refractivity contribution is 9.11. The molecular weight excluding hydrogens is 168 g/mol. The number of hydrogen-bond donors (Lipinski definition) is 0. The van der Waals surface area contributed by atoms with Gasteiger partial charge in [0.15, 0.2) is 0 Å². The monoisotopic (exact) mass is 172 g/mol. The molecule has 1 aliphatic carbocycles. The zero-order chi connectivity index (χ0) is 5.98. The summed E-state index contributed by atoms with van der Waals surface area (Å²) in [4.78, 5) is 10.0. The standard InChI is InChI=1S/C6H5BrO/c7-6-2-1-5(3-6)4-8/h2-4H,1H2. The van der Waals surface area contributed by atoms with Gasteiger partial charge in [-0.2, -0.15) is 0 Å². The molecule has 8 heavy (non-hydrogen) atoms. The zero-order valence-corrected chi connectivity index (χ0v) is 5.81. The van der Waals surface area contributed by atoms with E-state index in [1.165, 1.54) is 0 Å². The molecule has 1 rings (SSSR count). The molecule has 0 amide bonds. The first-order valence-corrected chi connectivity index (χ1v) is 3.13. The lowest BCUT2D eigenvalue weighted by Crippen LogP contribution is -1.74. The van der Waals surface area contributed by atoms with E-state index in [2.05, 4.69) is 15.9 Å². The van der Waals surface area contributed by atoms with Crippen molar-refractivity contribution < 1.29 is 4.79 Å². The molecule has 0 N–H and O–H groups in total. The molecule has 0 radical (unpaired) electrons. The summed E-state index contributed by atoms with van der Waals surface area (Å²) >= 11 is 3.25. The Morgan fingerprint density at radius 1 is 1.75 bits per heavy atom.